The number of alkyl halides is 3. The maximum Gasteiger partial charge on any atom is 0.573 e. The predicted molar refractivity (Wildman–Crippen MR) is 172 cm³/mol. The maximum atomic E-state index is 13.0. The minimum absolute atomic E-state index is 0.107. The molecule has 240 valence electrons. The number of aryl methyl sites for hydroxylation is 1. The number of ether oxygens (including phenoxy) is 1. The summed E-state index contributed by atoms with van der Waals surface area (Å²) in [5, 5.41) is 7.81. The van der Waals surface area contributed by atoms with E-state index in [9.17, 15) is 22.8 Å². The average molecular weight is 651 g/mol. The number of nitrogens with one attached hydrogen (secondary N) is 1. The van der Waals surface area contributed by atoms with E-state index in [-0.39, 0.29) is 28.9 Å². The zero-order valence-corrected chi connectivity index (χ0v) is 26.5. The van der Waals surface area contributed by atoms with Crippen LogP contribution in [0, 0.1) is 5.41 Å². The summed E-state index contributed by atoms with van der Waals surface area (Å²) >= 11 is 1.25. The normalized spacial score (nSPS) is 15.3. The predicted octanol–water partition coefficient (Wildman–Crippen LogP) is 7.20. The summed E-state index contributed by atoms with van der Waals surface area (Å²) in [5.74, 6) is 0.261. The molecule has 4 aromatic rings. The van der Waals surface area contributed by atoms with Crippen LogP contribution < -0.4 is 15.0 Å². The molecule has 1 aliphatic rings. The monoisotopic (exact) mass is 650 g/mol. The number of aliphatic imine (C=N–C) groups is 1. The van der Waals surface area contributed by atoms with Crippen molar-refractivity contribution in [1.82, 2.24) is 20.1 Å². The number of nitrogens with zero attached hydrogens (tertiary/aromatic N) is 5. The SMILES string of the molecule is CCc1ccccc1N1C(=O)CS/C1=N\C(=O)NC(C)C(C)(C)Cc1ccc(-c2ncn(-c3ccc(OC(F)(F)F)cc3)n2)cc1. The highest BCUT2D eigenvalue weighted by molar-refractivity contribution is 8.15. The third kappa shape index (κ3) is 7.76. The quantitative estimate of drug-likeness (QED) is 0.206. The van der Waals surface area contributed by atoms with Crippen molar-refractivity contribution < 1.29 is 27.5 Å². The second kappa shape index (κ2) is 13.4. The first-order chi connectivity index (χ1) is 21.8. The Morgan fingerprint density at radius 3 is 2.43 bits per heavy atom. The molecule has 1 N–H and O–H groups in total. The zero-order valence-electron chi connectivity index (χ0n) is 25.7. The van der Waals surface area contributed by atoms with Crippen molar-refractivity contribution in [2.45, 2.75) is 52.9 Å². The fourth-order valence-corrected chi connectivity index (χ4v) is 5.84. The van der Waals surface area contributed by atoms with Gasteiger partial charge < -0.3 is 10.1 Å². The number of carbonyl (C=O) groups is 2. The Hall–Kier alpha value is -4.65. The van der Waals surface area contributed by atoms with Crippen LogP contribution in [0.3, 0.4) is 0 Å². The fraction of sp³-hybridized carbons (Fsp3) is 0.303. The number of rotatable bonds is 9. The number of thioether (sulfide) groups is 1. The molecule has 1 aliphatic heterocycles. The number of para-hydroxylation sites is 1. The lowest BCUT2D eigenvalue weighted by atomic mass is 9.79. The minimum atomic E-state index is -4.76. The fourth-order valence-electron chi connectivity index (χ4n) is 4.98. The van der Waals surface area contributed by atoms with E-state index in [4.69, 9.17) is 0 Å². The number of amidine groups is 1. The van der Waals surface area contributed by atoms with Gasteiger partial charge in [0.15, 0.2) is 11.0 Å². The van der Waals surface area contributed by atoms with E-state index < -0.39 is 12.4 Å². The third-order valence-electron chi connectivity index (χ3n) is 7.79. The lowest BCUT2D eigenvalue weighted by Crippen LogP contribution is -2.43. The summed E-state index contributed by atoms with van der Waals surface area (Å²) in [6.07, 6.45) is -1.87. The molecule has 46 heavy (non-hydrogen) atoms. The van der Waals surface area contributed by atoms with Gasteiger partial charge in [-0.2, -0.15) is 4.99 Å². The van der Waals surface area contributed by atoms with Gasteiger partial charge in [-0.15, -0.1) is 18.3 Å². The number of halogens is 3. The van der Waals surface area contributed by atoms with Gasteiger partial charge in [-0.1, -0.05) is 75.0 Å². The number of benzene rings is 3. The molecule has 5 rings (SSSR count). The molecule has 0 saturated carbocycles. The molecule has 1 saturated heterocycles. The van der Waals surface area contributed by atoms with Crippen LogP contribution in [-0.2, 0) is 17.6 Å². The molecule has 1 unspecified atom stereocenters. The van der Waals surface area contributed by atoms with Crippen molar-refractivity contribution in [2.24, 2.45) is 10.4 Å². The highest BCUT2D eigenvalue weighted by Gasteiger charge is 2.33. The van der Waals surface area contributed by atoms with E-state index in [0.717, 1.165) is 28.8 Å². The first-order valence-electron chi connectivity index (χ1n) is 14.6. The topological polar surface area (TPSA) is 102 Å². The van der Waals surface area contributed by atoms with Gasteiger partial charge in [0.25, 0.3) is 0 Å². The molecule has 0 aliphatic carbocycles. The molecule has 0 bridgehead atoms. The molecule has 1 aromatic heterocycles. The van der Waals surface area contributed by atoms with Crippen molar-refractivity contribution >= 4 is 34.6 Å². The van der Waals surface area contributed by atoms with Gasteiger partial charge in [-0.25, -0.2) is 14.5 Å². The van der Waals surface area contributed by atoms with Crippen LogP contribution in [0.4, 0.5) is 23.7 Å². The number of carbonyl (C=O) groups excluding carboxylic acids is 2. The first kappa shape index (κ1) is 32.7. The van der Waals surface area contributed by atoms with Crippen molar-refractivity contribution in [3.05, 3.63) is 90.3 Å². The molecule has 1 fully saturated rings. The largest absolute Gasteiger partial charge is 0.573 e. The van der Waals surface area contributed by atoms with Gasteiger partial charge in [-0.3, -0.25) is 9.69 Å². The Labute approximate surface area is 268 Å². The van der Waals surface area contributed by atoms with Crippen LogP contribution in [0.1, 0.15) is 38.8 Å². The Morgan fingerprint density at radius 2 is 1.76 bits per heavy atom. The van der Waals surface area contributed by atoms with Gasteiger partial charge in [0.1, 0.15) is 12.1 Å². The van der Waals surface area contributed by atoms with Gasteiger partial charge in [0, 0.05) is 11.6 Å². The summed E-state index contributed by atoms with van der Waals surface area (Å²) in [4.78, 5) is 35.9. The lowest BCUT2D eigenvalue weighted by molar-refractivity contribution is -0.274. The van der Waals surface area contributed by atoms with Crippen LogP contribution >= 0.6 is 11.8 Å². The number of amides is 3. The second-order valence-electron chi connectivity index (χ2n) is 11.5. The average Bonchev–Trinajstić information content (AvgIpc) is 3.64. The number of hydrogen-bond donors (Lipinski definition) is 1. The summed E-state index contributed by atoms with van der Waals surface area (Å²) in [6, 6.07) is 20.0. The van der Waals surface area contributed by atoms with E-state index in [1.807, 2.05) is 62.4 Å². The van der Waals surface area contributed by atoms with Crippen LogP contribution in [0.15, 0.2) is 84.1 Å². The Morgan fingerprint density at radius 1 is 1.07 bits per heavy atom. The standard InChI is InChI=1S/C33H33F3N6O3S/c1-5-23-8-6-7-9-27(23)42-28(43)19-46-31(42)39-30(44)38-21(2)32(3,4)18-22-10-12-24(13-11-22)29-37-20-41(40-29)25-14-16-26(17-15-25)45-33(34,35)36/h6-17,20-21H,5,18-19H2,1-4H3,(H,38,44)/b39-31-. The molecule has 0 radical (unpaired) electrons. The maximum absolute atomic E-state index is 13.0. The van der Waals surface area contributed by atoms with Gasteiger partial charge in [0.2, 0.25) is 5.91 Å². The van der Waals surface area contributed by atoms with Gasteiger partial charge >= 0.3 is 12.4 Å². The highest BCUT2D eigenvalue weighted by atomic mass is 32.2. The number of aromatic nitrogens is 3. The van der Waals surface area contributed by atoms with Crippen LogP contribution in [0.2, 0.25) is 0 Å². The second-order valence-corrected chi connectivity index (χ2v) is 12.4. The minimum Gasteiger partial charge on any atom is -0.406 e. The first-order valence-corrected chi connectivity index (χ1v) is 15.6. The van der Waals surface area contributed by atoms with Gasteiger partial charge in [-0.05, 0) is 66.6 Å². The molecule has 3 amide bonds. The highest BCUT2D eigenvalue weighted by Crippen LogP contribution is 2.31. The number of urea groups is 1. The summed E-state index contributed by atoms with van der Waals surface area (Å²) < 4.78 is 42.7. The Balaban J connectivity index is 1.21. The molecule has 3 aromatic carbocycles. The molecular weight excluding hydrogens is 617 g/mol. The molecular formula is C33H33F3N6O3S. The van der Waals surface area contributed by atoms with Crippen LogP contribution in [0.25, 0.3) is 17.1 Å². The van der Waals surface area contributed by atoms with Crippen molar-refractivity contribution in [1.29, 1.82) is 0 Å². The third-order valence-corrected chi connectivity index (χ3v) is 8.71. The summed E-state index contributed by atoms with van der Waals surface area (Å²) in [6.45, 7) is 8.07. The summed E-state index contributed by atoms with van der Waals surface area (Å²) in [7, 11) is 0. The number of hydrogen-bond acceptors (Lipinski definition) is 6. The van der Waals surface area contributed by atoms with Crippen molar-refractivity contribution in [2.75, 3.05) is 10.7 Å². The van der Waals surface area contributed by atoms with E-state index >= 15 is 0 Å². The van der Waals surface area contributed by atoms with E-state index in [1.165, 1.54) is 51.9 Å². The zero-order chi connectivity index (χ0) is 33.1. The summed E-state index contributed by atoms with van der Waals surface area (Å²) in [5.41, 5.74) is 3.76. The van der Waals surface area contributed by atoms with Crippen molar-refractivity contribution in [3.8, 4) is 22.8 Å². The molecule has 2 heterocycles. The van der Waals surface area contributed by atoms with Crippen molar-refractivity contribution in [3.63, 3.8) is 0 Å². The molecule has 13 heteroatoms. The smallest absolute Gasteiger partial charge is 0.406 e. The number of anilines is 1. The van der Waals surface area contributed by atoms with E-state index in [1.54, 1.807) is 0 Å². The van der Waals surface area contributed by atoms with E-state index in [2.05, 4.69) is 39.0 Å². The van der Waals surface area contributed by atoms with Crippen LogP contribution in [0.5, 0.6) is 5.75 Å². The van der Waals surface area contributed by atoms with E-state index in [0.29, 0.717) is 23.1 Å². The Bertz CT molecular complexity index is 1740. The lowest BCUT2D eigenvalue weighted by Gasteiger charge is -2.32. The Kier molecular flexibility index (Phi) is 9.52. The molecule has 0 spiro atoms. The molecule has 1 atom stereocenters. The van der Waals surface area contributed by atoms with Gasteiger partial charge in [0.05, 0.1) is 17.1 Å². The van der Waals surface area contributed by atoms with Crippen LogP contribution in [-0.4, -0.2) is 50.0 Å². The molecule has 9 nitrogen and oxygen atoms in total.